The maximum Gasteiger partial charge on any atom is 0.222 e. The molecule has 2 aliphatic rings. The molecule has 4 rings (SSSR count). The van der Waals surface area contributed by atoms with Crippen molar-refractivity contribution in [3.63, 3.8) is 0 Å². The largest absolute Gasteiger partial charge is 0.365 e. The Morgan fingerprint density at radius 1 is 1.28 bits per heavy atom. The standard InChI is InChI=1S/C19H26N4OS/c24-18(4-3-16-2-1-8-20-16)23-11-6-19(7-12-23)5-10-22(15-19)14-17-21-9-13-25-17/h1-2,8-9,13,20H,3-7,10-12,14-15H2. The zero-order chi connectivity index (χ0) is 17.1. The predicted molar refractivity (Wildman–Crippen MR) is 99.4 cm³/mol. The first-order valence-corrected chi connectivity index (χ1v) is 10.1. The van der Waals surface area contributed by atoms with Crippen molar-refractivity contribution < 1.29 is 4.79 Å². The zero-order valence-electron chi connectivity index (χ0n) is 14.6. The Bertz CT molecular complexity index is 674. The molecule has 25 heavy (non-hydrogen) atoms. The molecule has 2 aromatic heterocycles. The maximum atomic E-state index is 12.5. The van der Waals surface area contributed by atoms with E-state index in [0.717, 1.165) is 51.1 Å². The molecule has 4 heterocycles. The molecular formula is C19H26N4OS. The Hall–Kier alpha value is -1.66. The van der Waals surface area contributed by atoms with E-state index in [1.165, 1.54) is 18.0 Å². The lowest BCUT2D eigenvalue weighted by Crippen LogP contribution is -2.44. The number of aromatic amines is 1. The summed E-state index contributed by atoms with van der Waals surface area (Å²) in [4.78, 5) is 24.7. The first kappa shape index (κ1) is 16.8. The minimum atomic E-state index is 0.307. The molecule has 0 aliphatic carbocycles. The number of amides is 1. The average molecular weight is 359 g/mol. The lowest BCUT2D eigenvalue weighted by atomic mass is 9.77. The number of aryl methyl sites for hydroxylation is 1. The first-order chi connectivity index (χ1) is 12.2. The van der Waals surface area contributed by atoms with Gasteiger partial charge in [-0.3, -0.25) is 9.69 Å². The van der Waals surface area contributed by atoms with Crippen molar-refractivity contribution in [2.24, 2.45) is 5.41 Å². The van der Waals surface area contributed by atoms with E-state index >= 15 is 0 Å². The second-order valence-corrected chi connectivity index (χ2v) is 8.44. The molecule has 0 atom stereocenters. The van der Waals surface area contributed by atoms with Gasteiger partial charge in [0.05, 0.1) is 6.54 Å². The predicted octanol–water partition coefficient (Wildman–Crippen LogP) is 2.92. The van der Waals surface area contributed by atoms with E-state index in [1.54, 1.807) is 11.3 Å². The lowest BCUT2D eigenvalue weighted by molar-refractivity contribution is -0.133. The van der Waals surface area contributed by atoms with Crippen LogP contribution in [0, 0.1) is 5.41 Å². The number of carbonyl (C=O) groups excluding carboxylic acids is 1. The van der Waals surface area contributed by atoms with Crippen LogP contribution in [-0.4, -0.2) is 51.9 Å². The molecule has 1 spiro atoms. The van der Waals surface area contributed by atoms with Gasteiger partial charge in [0.15, 0.2) is 0 Å². The second kappa shape index (κ2) is 7.30. The minimum absolute atomic E-state index is 0.307. The van der Waals surface area contributed by atoms with Crippen LogP contribution in [0.25, 0.3) is 0 Å². The number of thiazole rings is 1. The Morgan fingerprint density at radius 2 is 2.12 bits per heavy atom. The van der Waals surface area contributed by atoms with Crippen LogP contribution < -0.4 is 0 Å². The highest BCUT2D eigenvalue weighted by Gasteiger charge is 2.41. The van der Waals surface area contributed by atoms with Crippen LogP contribution in [-0.2, 0) is 17.8 Å². The third-order valence-corrected chi connectivity index (χ3v) is 6.57. The molecule has 6 heteroatoms. The van der Waals surface area contributed by atoms with E-state index in [0.29, 0.717) is 17.7 Å². The van der Waals surface area contributed by atoms with Gasteiger partial charge in [-0.2, -0.15) is 0 Å². The second-order valence-electron chi connectivity index (χ2n) is 7.46. The number of nitrogens with zero attached hydrogens (tertiary/aromatic N) is 3. The maximum absolute atomic E-state index is 12.5. The lowest BCUT2D eigenvalue weighted by Gasteiger charge is -2.39. The molecule has 0 saturated carbocycles. The number of nitrogens with one attached hydrogen (secondary N) is 1. The van der Waals surface area contributed by atoms with Crippen molar-refractivity contribution in [1.29, 1.82) is 0 Å². The SMILES string of the molecule is O=C(CCc1ccc[nH]1)N1CCC2(CCN(Cc3nccs3)C2)CC1. The van der Waals surface area contributed by atoms with Crippen LogP contribution in [0.5, 0.6) is 0 Å². The van der Waals surface area contributed by atoms with Crippen LogP contribution in [0.4, 0.5) is 0 Å². The number of carbonyl (C=O) groups is 1. The fourth-order valence-electron chi connectivity index (χ4n) is 4.25. The summed E-state index contributed by atoms with van der Waals surface area (Å²) in [5, 5.41) is 3.27. The molecule has 2 aromatic rings. The zero-order valence-corrected chi connectivity index (χ0v) is 15.4. The molecule has 0 bridgehead atoms. The van der Waals surface area contributed by atoms with Crippen molar-refractivity contribution in [3.8, 4) is 0 Å². The molecule has 2 saturated heterocycles. The summed E-state index contributed by atoms with van der Waals surface area (Å²) in [7, 11) is 0. The van der Waals surface area contributed by atoms with Crippen LogP contribution >= 0.6 is 11.3 Å². The summed E-state index contributed by atoms with van der Waals surface area (Å²) in [5.74, 6) is 0.307. The van der Waals surface area contributed by atoms with Gasteiger partial charge in [-0.25, -0.2) is 4.98 Å². The molecule has 1 N–H and O–H groups in total. The molecule has 0 unspecified atom stereocenters. The van der Waals surface area contributed by atoms with Gasteiger partial charge in [-0.15, -0.1) is 11.3 Å². The van der Waals surface area contributed by atoms with E-state index in [-0.39, 0.29) is 0 Å². The van der Waals surface area contributed by atoms with E-state index in [9.17, 15) is 4.79 Å². The summed E-state index contributed by atoms with van der Waals surface area (Å²) in [5.41, 5.74) is 1.57. The fourth-order valence-corrected chi connectivity index (χ4v) is 4.90. The number of hydrogen-bond acceptors (Lipinski definition) is 4. The molecule has 0 aromatic carbocycles. The van der Waals surface area contributed by atoms with Gasteiger partial charge in [-0.1, -0.05) is 0 Å². The highest BCUT2D eigenvalue weighted by atomic mass is 32.1. The monoisotopic (exact) mass is 358 g/mol. The van der Waals surface area contributed by atoms with Gasteiger partial charge in [0.25, 0.3) is 0 Å². The van der Waals surface area contributed by atoms with Crippen LogP contribution in [0.15, 0.2) is 29.9 Å². The summed E-state index contributed by atoms with van der Waals surface area (Å²) in [6.07, 6.45) is 8.80. The Morgan fingerprint density at radius 3 is 2.84 bits per heavy atom. The summed E-state index contributed by atoms with van der Waals surface area (Å²) in [6, 6.07) is 4.04. The van der Waals surface area contributed by atoms with Gasteiger partial charge in [0, 0.05) is 49.5 Å². The van der Waals surface area contributed by atoms with E-state index in [2.05, 4.69) is 25.1 Å². The molecule has 5 nitrogen and oxygen atoms in total. The normalized spacial score (nSPS) is 20.4. The van der Waals surface area contributed by atoms with E-state index in [4.69, 9.17) is 0 Å². The minimum Gasteiger partial charge on any atom is -0.365 e. The summed E-state index contributed by atoms with van der Waals surface area (Å²) >= 11 is 1.75. The van der Waals surface area contributed by atoms with Crippen molar-refractivity contribution in [1.82, 2.24) is 19.8 Å². The number of likely N-dealkylation sites (tertiary alicyclic amines) is 2. The Labute approximate surface area is 153 Å². The molecule has 2 fully saturated rings. The third-order valence-electron chi connectivity index (χ3n) is 5.81. The molecular weight excluding hydrogens is 332 g/mol. The van der Waals surface area contributed by atoms with Gasteiger partial charge in [0.1, 0.15) is 5.01 Å². The van der Waals surface area contributed by atoms with Crippen molar-refractivity contribution in [3.05, 3.63) is 40.6 Å². The quantitative estimate of drug-likeness (QED) is 0.894. The number of aromatic nitrogens is 2. The number of H-pyrrole nitrogens is 1. The van der Waals surface area contributed by atoms with Crippen molar-refractivity contribution in [2.75, 3.05) is 26.2 Å². The van der Waals surface area contributed by atoms with E-state index in [1.807, 2.05) is 24.5 Å². The van der Waals surface area contributed by atoms with Crippen LogP contribution in [0.1, 0.15) is 36.4 Å². The van der Waals surface area contributed by atoms with Crippen molar-refractivity contribution in [2.45, 2.75) is 38.6 Å². The summed E-state index contributed by atoms with van der Waals surface area (Å²) in [6.45, 7) is 5.17. The molecule has 134 valence electrons. The molecule has 2 aliphatic heterocycles. The average Bonchev–Trinajstić information content (AvgIpc) is 3.37. The van der Waals surface area contributed by atoms with Gasteiger partial charge in [0.2, 0.25) is 5.91 Å². The highest BCUT2D eigenvalue weighted by molar-refractivity contribution is 7.09. The van der Waals surface area contributed by atoms with Crippen molar-refractivity contribution >= 4 is 17.2 Å². The molecule has 1 amide bonds. The smallest absolute Gasteiger partial charge is 0.222 e. The van der Waals surface area contributed by atoms with Crippen LogP contribution in [0.3, 0.4) is 0 Å². The van der Waals surface area contributed by atoms with Crippen LogP contribution in [0.2, 0.25) is 0 Å². The fraction of sp³-hybridized carbons (Fsp3) is 0.579. The number of piperidine rings is 1. The topological polar surface area (TPSA) is 52.2 Å². The van der Waals surface area contributed by atoms with E-state index < -0.39 is 0 Å². The van der Waals surface area contributed by atoms with Gasteiger partial charge < -0.3 is 9.88 Å². The number of hydrogen-bond donors (Lipinski definition) is 1. The highest BCUT2D eigenvalue weighted by Crippen LogP contribution is 2.41. The Kier molecular flexibility index (Phi) is 4.90. The Balaban J connectivity index is 1.24. The number of rotatable bonds is 5. The summed E-state index contributed by atoms with van der Waals surface area (Å²) < 4.78 is 0. The third kappa shape index (κ3) is 3.96. The molecule has 0 radical (unpaired) electrons. The van der Waals surface area contributed by atoms with Gasteiger partial charge in [-0.05, 0) is 49.8 Å². The first-order valence-electron chi connectivity index (χ1n) is 9.23. The van der Waals surface area contributed by atoms with Gasteiger partial charge >= 0.3 is 0 Å².